The van der Waals surface area contributed by atoms with E-state index in [2.05, 4.69) is 5.32 Å². The summed E-state index contributed by atoms with van der Waals surface area (Å²) in [7, 11) is -3.89. The lowest BCUT2D eigenvalue weighted by molar-refractivity contribution is -0.115. The Balaban J connectivity index is 1.98. The maximum atomic E-state index is 13.5. The van der Waals surface area contributed by atoms with Gasteiger partial charge in [0.05, 0.1) is 5.75 Å². The van der Waals surface area contributed by atoms with Crippen molar-refractivity contribution in [3.05, 3.63) is 59.9 Å². The summed E-state index contributed by atoms with van der Waals surface area (Å²) in [6.45, 7) is 0. The Hall–Kier alpha value is -2.74. The summed E-state index contributed by atoms with van der Waals surface area (Å²) in [6.07, 6.45) is -0.325. The second-order valence-corrected chi connectivity index (χ2v) is 7.07. The first-order chi connectivity index (χ1) is 11.3. The molecule has 0 heterocycles. The zero-order chi connectivity index (χ0) is 17.7. The molecule has 0 atom stereocenters. The summed E-state index contributed by atoms with van der Waals surface area (Å²) in [4.78, 5) is 22.4. The minimum atomic E-state index is -3.89. The molecule has 0 spiro atoms. The lowest BCUT2D eigenvalue weighted by Crippen LogP contribution is -2.18. The number of anilines is 1. The molecule has 3 N–H and O–H groups in total. The predicted molar refractivity (Wildman–Crippen MR) is 86.7 cm³/mol. The van der Waals surface area contributed by atoms with Gasteiger partial charge >= 0.3 is 0 Å². The summed E-state index contributed by atoms with van der Waals surface area (Å²) in [5.41, 5.74) is 5.79. The van der Waals surface area contributed by atoms with Crippen LogP contribution in [0.15, 0.2) is 53.4 Å². The molecule has 0 unspecified atom stereocenters. The fourth-order valence-electron chi connectivity index (χ4n) is 1.98. The number of hydrogen-bond acceptors (Lipinski definition) is 4. The van der Waals surface area contributed by atoms with Crippen LogP contribution in [0, 0.1) is 5.82 Å². The van der Waals surface area contributed by atoms with Gasteiger partial charge in [-0.1, -0.05) is 12.1 Å². The lowest BCUT2D eigenvalue weighted by atomic mass is 10.2. The van der Waals surface area contributed by atoms with Crippen LogP contribution in [-0.2, 0) is 14.6 Å². The van der Waals surface area contributed by atoms with E-state index in [1.165, 1.54) is 36.4 Å². The highest BCUT2D eigenvalue weighted by atomic mass is 32.2. The quantitative estimate of drug-likeness (QED) is 0.827. The lowest BCUT2D eigenvalue weighted by Gasteiger charge is -2.07. The molecular weight excluding hydrogens is 335 g/mol. The average molecular weight is 350 g/mol. The Morgan fingerprint density at radius 2 is 1.67 bits per heavy atom. The Kier molecular flexibility index (Phi) is 5.30. The molecular formula is C16H15FN2O4S. The van der Waals surface area contributed by atoms with Gasteiger partial charge in [-0.25, -0.2) is 12.8 Å². The fourth-order valence-corrected chi connectivity index (χ4v) is 3.30. The zero-order valence-electron chi connectivity index (χ0n) is 12.5. The van der Waals surface area contributed by atoms with Crippen LogP contribution in [0.25, 0.3) is 0 Å². The molecule has 0 saturated heterocycles. The number of nitrogens with two attached hydrogens (primary N) is 1. The van der Waals surface area contributed by atoms with Crippen molar-refractivity contribution < 1.29 is 22.4 Å². The molecule has 0 fully saturated rings. The third kappa shape index (κ3) is 4.39. The third-order valence-corrected chi connectivity index (χ3v) is 4.97. The molecule has 0 saturated carbocycles. The molecule has 0 radical (unpaired) electrons. The van der Waals surface area contributed by atoms with E-state index in [0.29, 0.717) is 5.69 Å². The van der Waals surface area contributed by atoms with Gasteiger partial charge in [0.15, 0.2) is 9.84 Å². The van der Waals surface area contributed by atoms with Crippen molar-refractivity contribution in [2.24, 2.45) is 5.73 Å². The summed E-state index contributed by atoms with van der Waals surface area (Å²) >= 11 is 0. The van der Waals surface area contributed by atoms with Crippen LogP contribution >= 0.6 is 0 Å². The van der Waals surface area contributed by atoms with Crippen molar-refractivity contribution in [2.45, 2.75) is 11.3 Å². The molecule has 2 aromatic carbocycles. The molecule has 0 aliphatic carbocycles. The van der Waals surface area contributed by atoms with E-state index in [1.54, 1.807) is 0 Å². The van der Waals surface area contributed by atoms with Gasteiger partial charge in [-0.15, -0.1) is 0 Å². The van der Waals surface area contributed by atoms with Crippen molar-refractivity contribution in [1.82, 2.24) is 0 Å². The van der Waals surface area contributed by atoms with Crippen LogP contribution < -0.4 is 11.1 Å². The molecule has 2 rings (SSSR count). The summed E-state index contributed by atoms with van der Waals surface area (Å²) in [6, 6.07) is 10.8. The highest BCUT2D eigenvalue weighted by Gasteiger charge is 2.20. The minimum absolute atomic E-state index is 0.287. The maximum absolute atomic E-state index is 13.5. The number of sulfone groups is 1. The molecule has 0 aliphatic rings. The van der Waals surface area contributed by atoms with Crippen LogP contribution in [0.2, 0.25) is 0 Å². The summed E-state index contributed by atoms with van der Waals surface area (Å²) in [5, 5.41) is 2.50. The molecule has 6 nitrogen and oxygen atoms in total. The van der Waals surface area contributed by atoms with Gasteiger partial charge in [-0.05, 0) is 36.4 Å². The first-order valence-electron chi connectivity index (χ1n) is 6.96. The summed E-state index contributed by atoms with van der Waals surface area (Å²) < 4.78 is 37.7. The van der Waals surface area contributed by atoms with Gasteiger partial charge in [-0.2, -0.15) is 0 Å². The van der Waals surface area contributed by atoms with Crippen molar-refractivity contribution in [1.29, 1.82) is 0 Å². The van der Waals surface area contributed by atoms with E-state index < -0.39 is 38.1 Å². The van der Waals surface area contributed by atoms with Crippen LogP contribution in [0.5, 0.6) is 0 Å². The van der Waals surface area contributed by atoms with Gasteiger partial charge in [0.2, 0.25) is 11.8 Å². The maximum Gasteiger partial charge on any atom is 0.248 e. The number of benzene rings is 2. The van der Waals surface area contributed by atoms with E-state index in [1.807, 2.05) is 0 Å². The number of primary amides is 1. The van der Waals surface area contributed by atoms with Crippen LogP contribution in [0.4, 0.5) is 10.1 Å². The first-order valence-corrected chi connectivity index (χ1v) is 8.62. The monoisotopic (exact) mass is 350 g/mol. The van der Waals surface area contributed by atoms with Crippen molar-refractivity contribution in [2.75, 3.05) is 11.1 Å². The molecule has 0 aromatic heterocycles. The largest absolute Gasteiger partial charge is 0.366 e. The van der Waals surface area contributed by atoms with Crippen LogP contribution in [0.3, 0.4) is 0 Å². The van der Waals surface area contributed by atoms with Crippen molar-refractivity contribution >= 4 is 27.3 Å². The molecule has 8 heteroatoms. The normalized spacial score (nSPS) is 11.0. The number of carbonyl (C=O) groups excluding carboxylic acids is 2. The third-order valence-electron chi connectivity index (χ3n) is 3.22. The Bertz CT molecular complexity index is 864. The number of halogens is 1. The Morgan fingerprint density at radius 1 is 1.04 bits per heavy atom. The average Bonchev–Trinajstić information content (AvgIpc) is 2.54. The van der Waals surface area contributed by atoms with E-state index in [9.17, 15) is 22.4 Å². The molecule has 24 heavy (non-hydrogen) atoms. The second kappa shape index (κ2) is 7.22. The van der Waals surface area contributed by atoms with E-state index in [4.69, 9.17) is 5.73 Å². The molecule has 2 aromatic rings. The molecule has 2 amide bonds. The second-order valence-electron chi connectivity index (χ2n) is 4.99. The van der Waals surface area contributed by atoms with Gasteiger partial charge in [0.1, 0.15) is 10.7 Å². The highest BCUT2D eigenvalue weighted by molar-refractivity contribution is 7.91. The van der Waals surface area contributed by atoms with Crippen molar-refractivity contribution in [3.8, 4) is 0 Å². The van der Waals surface area contributed by atoms with Gasteiger partial charge in [0, 0.05) is 17.7 Å². The van der Waals surface area contributed by atoms with E-state index >= 15 is 0 Å². The summed E-state index contributed by atoms with van der Waals surface area (Å²) in [5.74, 6) is -2.50. The first kappa shape index (κ1) is 17.6. The Labute approximate surface area is 138 Å². The minimum Gasteiger partial charge on any atom is -0.366 e. The van der Waals surface area contributed by atoms with Gasteiger partial charge < -0.3 is 11.1 Å². The van der Waals surface area contributed by atoms with Gasteiger partial charge in [0.25, 0.3) is 0 Å². The smallest absolute Gasteiger partial charge is 0.248 e. The van der Waals surface area contributed by atoms with Crippen LogP contribution in [-0.4, -0.2) is 26.0 Å². The number of hydrogen-bond donors (Lipinski definition) is 2. The molecule has 0 aliphatic heterocycles. The SMILES string of the molecule is NC(=O)c1ccc(NC(=O)CCS(=O)(=O)c2ccccc2F)cc1. The van der Waals surface area contributed by atoms with Gasteiger partial charge in [-0.3, -0.25) is 9.59 Å². The van der Waals surface area contributed by atoms with E-state index in [0.717, 1.165) is 12.1 Å². The standard InChI is InChI=1S/C16H15FN2O4S/c17-13-3-1-2-4-14(13)24(22,23)10-9-15(20)19-12-7-5-11(6-8-12)16(18)21/h1-8H,9-10H2,(H2,18,21)(H,19,20). The van der Waals surface area contributed by atoms with Crippen LogP contribution in [0.1, 0.15) is 16.8 Å². The van der Waals surface area contributed by atoms with Crippen molar-refractivity contribution in [3.63, 3.8) is 0 Å². The predicted octanol–water partition coefficient (Wildman–Crippen LogP) is 1.73. The molecule has 126 valence electrons. The number of amides is 2. The highest BCUT2D eigenvalue weighted by Crippen LogP contribution is 2.16. The fraction of sp³-hybridized carbons (Fsp3) is 0.125. The van der Waals surface area contributed by atoms with E-state index in [-0.39, 0.29) is 12.0 Å². The molecule has 0 bridgehead atoms. The number of nitrogens with one attached hydrogen (secondary N) is 1. The Morgan fingerprint density at radius 3 is 2.25 bits per heavy atom. The topological polar surface area (TPSA) is 106 Å². The zero-order valence-corrected chi connectivity index (χ0v) is 13.3. The number of carbonyl (C=O) groups is 2. The number of rotatable bonds is 6.